The molecule has 2 aromatic carbocycles. The summed E-state index contributed by atoms with van der Waals surface area (Å²) in [5.41, 5.74) is 3.58. The van der Waals surface area contributed by atoms with E-state index in [4.69, 9.17) is 4.74 Å². The maximum Gasteiger partial charge on any atom is 0.408 e. The summed E-state index contributed by atoms with van der Waals surface area (Å²) in [6.45, 7) is 7.80. The molecule has 5 rings (SSSR count). The van der Waals surface area contributed by atoms with Gasteiger partial charge >= 0.3 is 6.09 Å². The molecule has 1 saturated carbocycles. The number of anilines is 1. The Bertz CT molecular complexity index is 1690. The number of hydrogen-bond donors (Lipinski definition) is 3. The van der Waals surface area contributed by atoms with Crippen molar-refractivity contribution in [3.05, 3.63) is 65.4 Å². The number of nitrogens with one attached hydrogen (secondary N) is 2. The Morgan fingerprint density at radius 3 is 2.40 bits per heavy atom. The van der Waals surface area contributed by atoms with Gasteiger partial charge in [0, 0.05) is 36.6 Å². The number of likely N-dealkylation sites (tertiary alicyclic amines) is 1. The second-order valence-corrected chi connectivity index (χ2v) is 14.0. The molecule has 10 heteroatoms. The maximum absolute atomic E-state index is 14.1. The molecule has 2 atom stereocenters. The van der Waals surface area contributed by atoms with E-state index in [9.17, 15) is 19.5 Å². The van der Waals surface area contributed by atoms with Crippen LogP contribution in [0.1, 0.15) is 88.8 Å². The summed E-state index contributed by atoms with van der Waals surface area (Å²) in [7, 11) is 1.81. The number of rotatable bonds is 6. The van der Waals surface area contributed by atoms with Crippen molar-refractivity contribution in [2.75, 3.05) is 11.9 Å². The van der Waals surface area contributed by atoms with Gasteiger partial charge in [0.1, 0.15) is 29.1 Å². The highest BCUT2D eigenvalue weighted by atomic mass is 16.6. The lowest BCUT2D eigenvalue weighted by molar-refractivity contribution is -0.143. The summed E-state index contributed by atoms with van der Waals surface area (Å²) in [5.74, 6) is 6.02. The number of piperidine rings is 1. The first-order valence-corrected chi connectivity index (χ1v) is 16.9. The molecule has 1 aliphatic heterocycles. The van der Waals surface area contributed by atoms with Crippen molar-refractivity contribution < 1.29 is 24.2 Å². The molecule has 3 aromatic rings. The number of carbonyl (C=O) groups excluding carboxylic acids is 3. The third kappa shape index (κ3) is 8.77. The minimum atomic E-state index is -0.735. The van der Waals surface area contributed by atoms with Crippen molar-refractivity contribution >= 4 is 23.6 Å². The van der Waals surface area contributed by atoms with Crippen LogP contribution in [0.25, 0.3) is 11.3 Å². The van der Waals surface area contributed by atoms with Gasteiger partial charge in [-0.3, -0.25) is 14.3 Å². The third-order valence-electron chi connectivity index (χ3n) is 8.88. The van der Waals surface area contributed by atoms with Crippen molar-refractivity contribution in [1.82, 2.24) is 20.0 Å². The van der Waals surface area contributed by atoms with E-state index < -0.39 is 23.8 Å². The molecule has 48 heavy (non-hydrogen) atoms. The Hall–Kier alpha value is -4.78. The van der Waals surface area contributed by atoms with Gasteiger partial charge in [0.15, 0.2) is 0 Å². The Morgan fingerprint density at radius 1 is 0.979 bits per heavy atom. The number of amides is 3. The Labute approximate surface area is 283 Å². The smallest absolute Gasteiger partial charge is 0.408 e. The largest absolute Gasteiger partial charge is 0.507 e. The molecule has 2 fully saturated rings. The number of benzene rings is 2. The molecule has 0 spiro atoms. The van der Waals surface area contributed by atoms with E-state index in [1.807, 2.05) is 44.4 Å². The van der Waals surface area contributed by atoms with Crippen LogP contribution in [0.2, 0.25) is 0 Å². The van der Waals surface area contributed by atoms with Crippen LogP contribution in [-0.2, 0) is 21.4 Å². The van der Waals surface area contributed by atoms with Crippen molar-refractivity contribution in [2.24, 2.45) is 13.0 Å². The summed E-state index contributed by atoms with van der Waals surface area (Å²) >= 11 is 0. The van der Waals surface area contributed by atoms with Crippen LogP contribution in [0.3, 0.4) is 0 Å². The van der Waals surface area contributed by atoms with E-state index >= 15 is 0 Å². The van der Waals surface area contributed by atoms with E-state index in [1.165, 1.54) is 0 Å². The first kappa shape index (κ1) is 34.6. The highest BCUT2D eigenvalue weighted by Gasteiger charge is 2.40. The van der Waals surface area contributed by atoms with Gasteiger partial charge in [0.2, 0.25) is 11.8 Å². The molecule has 1 aromatic heterocycles. The van der Waals surface area contributed by atoms with Gasteiger partial charge in [-0.25, -0.2) is 4.79 Å². The van der Waals surface area contributed by atoms with Crippen LogP contribution in [0.5, 0.6) is 5.75 Å². The van der Waals surface area contributed by atoms with Crippen molar-refractivity contribution in [3.8, 4) is 28.8 Å². The molecule has 0 radical (unpaired) electrons. The second-order valence-electron chi connectivity index (χ2n) is 14.0. The molecule has 0 bridgehead atoms. The second kappa shape index (κ2) is 15.0. The lowest BCUT2D eigenvalue weighted by atomic mass is 9.83. The number of aromatic nitrogens is 2. The first-order chi connectivity index (χ1) is 22.9. The number of aryl methyl sites for hydroxylation is 2. The van der Waals surface area contributed by atoms with Crippen molar-refractivity contribution in [3.63, 3.8) is 0 Å². The number of carbonyl (C=O) groups is 3. The van der Waals surface area contributed by atoms with E-state index in [1.54, 1.807) is 48.6 Å². The van der Waals surface area contributed by atoms with Crippen LogP contribution in [-0.4, -0.2) is 61.9 Å². The summed E-state index contributed by atoms with van der Waals surface area (Å²) in [6, 6.07) is 11.3. The molecule has 10 nitrogen and oxygen atoms in total. The van der Waals surface area contributed by atoms with Crippen LogP contribution in [0.4, 0.5) is 10.5 Å². The molecule has 2 heterocycles. The van der Waals surface area contributed by atoms with E-state index in [2.05, 4.69) is 27.6 Å². The number of hydrogen-bond acceptors (Lipinski definition) is 6. The van der Waals surface area contributed by atoms with Crippen molar-refractivity contribution in [2.45, 2.75) is 96.7 Å². The number of phenols is 1. The fourth-order valence-electron chi connectivity index (χ4n) is 6.55. The molecule has 2 aliphatic rings. The minimum absolute atomic E-state index is 0.00306. The standard InChI is InChI=1S/C38H47N5O5/c1-25-14-21-32(44)30(23-25)33-28(24-42(5)41-33)18-15-26-16-19-29(20-17-26)39-35(45)31-13-9-10-22-43(31)36(46)34(27-11-7-6-8-12-27)40-37(47)48-38(2,3)4/h14,16-17,19-21,23-24,27,31,34,44H,6-13,22H2,1-5H3,(H,39,45)(H,40,47)/t31?,34-/m0/s1. The van der Waals surface area contributed by atoms with Gasteiger partial charge in [-0.15, -0.1) is 0 Å². The molecule has 1 saturated heterocycles. The Kier molecular flexibility index (Phi) is 10.8. The molecule has 1 unspecified atom stereocenters. The molecule has 3 amide bonds. The monoisotopic (exact) mass is 653 g/mol. The SMILES string of the molecule is Cc1ccc(O)c(-c2nn(C)cc2C#Cc2ccc(NC(=O)C3CCCCN3C(=O)[C@@H](NC(=O)OC(C)(C)C)C3CCCCC3)cc2)c1. The predicted molar refractivity (Wildman–Crippen MR) is 185 cm³/mol. The normalized spacial score (nSPS) is 17.5. The lowest BCUT2D eigenvalue weighted by Crippen LogP contribution is -2.59. The summed E-state index contributed by atoms with van der Waals surface area (Å²) in [5, 5.41) is 20.8. The summed E-state index contributed by atoms with van der Waals surface area (Å²) < 4.78 is 7.18. The lowest BCUT2D eigenvalue weighted by Gasteiger charge is -2.39. The maximum atomic E-state index is 14.1. The predicted octanol–water partition coefficient (Wildman–Crippen LogP) is 6.29. The van der Waals surface area contributed by atoms with Crippen LogP contribution in [0, 0.1) is 24.7 Å². The van der Waals surface area contributed by atoms with Gasteiger partial charge in [-0.2, -0.15) is 5.10 Å². The van der Waals surface area contributed by atoms with Crippen LogP contribution >= 0.6 is 0 Å². The molecule has 1 aliphatic carbocycles. The highest BCUT2D eigenvalue weighted by Crippen LogP contribution is 2.32. The van der Waals surface area contributed by atoms with Crippen molar-refractivity contribution in [1.29, 1.82) is 0 Å². The number of alkyl carbamates (subject to hydrolysis) is 1. The van der Waals surface area contributed by atoms with Gasteiger partial charge < -0.3 is 25.4 Å². The van der Waals surface area contributed by atoms with Gasteiger partial charge in [-0.05, 0) is 102 Å². The van der Waals surface area contributed by atoms with Gasteiger partial charge in [0.25, 0.3) is 0 Å². The fraction of sp³-hybridized carbons (Fsp3) is 0.474. The van der Waals surface area contributed by atoms with E-state index in [0.29, 0.717) is 35.5 Å². The van der Waals surface area contributed by atoms with Gasteiger partial charge in [0.05, 0.1) is 5.56 Å². The number of aromatic hydroxyl groups is 1. The van der Waals surface area contributed by atoms with E-state index in [-0.39, 0.29) is 23.5 Å². The molecular formula is C38H47N5O5. The van der Waals surface area contributed by atoms with E-state index in [0.717, 1.165) is 56.1 Å². The average Bonchev–Trinajstić information content (AvgIpc) is 3.43. The highest BCUT2D eigenvalue weighted by molar-refractivity contribution is 5.98. The fourth-order valence-corrected chi connectivity index (χ4v) is 6.55. The molecular weight excluding hydrogens is 606 g/mol. The zero-order valence-electron chi connectivity index (χ0n) is 28.6. The van der Waals surface area contributed by atoms with Crippen LogP contribution in [0.15, 0.2) is 48.7 Å². The topological polar surface area (TPSA) is 126 Å². The quantitative estimate of drug-likeness (QED) is 0.269. The Morgan fingerprint density at radius 2 is 1.69 bits per heavy atom. The number of ether oxygens (including phenoxy) is 1. The van der Waals surface area contributed by atoms with Gasteiger partial charge in [-0.1, -0.05) is 42.7 Å². The average molecular weight is 654 g/mol. The summed E-state index contributed by atoms with van der Waals surface area (Å²) in [4.78, 5) is 42.2. The Balaban J connectivity index is 1.28. The number of phenolic OH excluding ortho intramolecular Hbond substituents is 1. The number of nitrogens with zero attached hydrogens (tertiary/aromatic N) is 3. The zero-order chi connectivity index (χ0) is 34.4. The minimum Gasteiger partial charge on any atom is -0.507 e. The third-order valence-corrected chi connectivity index (χ3v) is 8.88. The molecule has 254 valence electrons. The molecule has 3 N–H and O–H groups in total. The zero-order valence-corrected chi connectivity index (χ0v) is 28.6. The first-order valence-electron chi connectivity index (χ1n) is 16.9. The van der Waals surface area contributed by atoms with Crippen LogP contribution < -0.4 is 10.6 Å². The summed E-state index contributed by atoms with van der Waals surface area (Å²) in [6.07, 6.45) is 8.22.